The average Bonchev–Trinajstić information content (AvgIpc) is 2.60. The molecule has 5 heteroatoms. The van der Waals surface area contributed by atoms with Crippen molar-refractivity contribution >= 4 is 18.2 Å². The highest BCUT2D eigenvalue weighted by Gasteiger charge is 2.21. The Hall–Kier alpha value is -1.91. The predicted molar refractivity (Wildman–Crippen MR) is 74.8 cm³/mol. The lowest BCUT2D eigenvalue weighted by Crippen LogP contribution is -2.02. The Balaban J connectivity index is 2.67. The molecule has 0 atom stereocenters. The Kier molecular flexibility index (Phi) is 5.30. The van der Waals surface area contributed by atoms with E-state index in [4.69, 9.17) is 0 Å². The van der Waals surface area contributed by atoms with Gasteiger partial charge in [-0.15, -0.1) is 0 Å². The van der Waals surface area contributed by atoms with Gasteiger partial charge in [0.25, 0.3) is 0 Å². The minimum atomic E-state index is 0.102. The summed E-state index contributed by atoms with van der Waals surface area (Å²) >= 11 is 0. The molecule has 1 saturated carbocycles. The summed E-state index contributed by atoms with van der Waals surface area (Å²) in [6.45, 7) is 0. The normalized spacial score (nSPS) is 20.8. The first-order valence-corrected chi connectivity index (χ1v) is 5.86. The first-order valence-electron chi connectivity index (χ1n) is 5.86. The summed E-state index contributed by atoms with van der Waals surface area (Å²) in [6.07, 6.45) is 8.44. The van der Waals surface area contributed by atoms with Crippen molar-refractivity contribution in [1.29, 1.82) is 0 Å². The Morgan fingerprint density at radius 1 is 0.889 bits per heavy atom. The Morgan fingerprint density at radius 3 is 1.61 bits per heavy atom. The molecule has 0 aliphatic heterocycles. The highest BCUT2D eigenvalue weighted by molar-refractivity contribution is 6.13. The first-order chi connectivity index (χ1) is 8.50. The van der Waals surface area contributed by atoms with Gasteiger partial charge in [0.05, 0.1) is 0 Å². The smallest absolute Gasteiger partial charge is 0.185 e. The van der Waals surface area contributed by atoms with Crippen LogP contribution in [0.5, 0.6) is 0 Å². The molecule has 0 unspecified atom stereocenters. The van der Waals surface area contributed by atoms with Crippen LogP contribution >= 0.6 is 0 Å². The number of hydrogen-bond donors (Lipinski definition) is 0. The fourth-order valence-electron chi connectivity index (χ4n) is 1.53. The molecule has 0 amide bonds. The summed E-state index contributed by atoms with van der Waals surface area (Å²) in [6, 6.07) is 0. The minimum Gasteiger partial charge on any atom is -0.303 e. The number of rotatable bonds is 4. The van der Waals surface area contributed by atoms with Gasteiger partial charge in [0.15, 0.2) is 5.78 Å². The van der Waals surface area contributed by atoms with E-state index in [0.717, 1.165) is 24.0 Å². The van der Waals surface area contributed by atoms with Gasteiger partial charge in [0.2, 0.25) is 0 Å². The van der Waals surface area contributed by atoms with Crippen LogP contribution in [0, 0.1) is 0 Å². The lowest BCUT2D eigenvalue weighted by Gasteiger charge is -2.00. The van der Waals surface area contributed by atoms with E-state index < -0.39 is 0 Å². The fraction of sp³-hybridized carbons (Fsp3) is 0.462. The molecule has 1 fully saturated rings. The highest BCUT2D eigenvalue weighted by Crippen LogP contribution is 2.25. The van der Waals surface area contributed by atoms with Gasteiger partial charge in [0.1, 0.15) is 0 Å². The Labute approximate surface area is 108 Å². The van der Waals surface area contributed by atoms with Crippen LogP contribution in [0.1, 0.15) is 12.8 Å². The lowest BCUT2D eigenvalue weighted by atomic mass is 10.1. The maximum atomic E-state index is 12.0. The molecule has 0 aromatic carbocycles. The molecule has 0 saturated heterocycles. The Morgan fingerprint density at radius 2 is 1.28 bits per heavy atom. The van der Waals surface area contributed by atoms with Crippen molar-refractivity contribution in [3.8, 4) is 0 Å². The number of hydrogen-bond acceptors (Lipinski definition) is 5. The second kappa shape index (κ2) is 6.74. The summed E-state index contributed by atoms with van der Waals surface area (Å²) in [5, 5.41) is 11.5. The number of Topliss-reactive ketones (excluding diaryl/α,β-unsaturated/α-hetero) is 1. The monoisotopic (exact) mass is 248 g/mol. The van der Waals surface area contributed by atoms with E-state index in [1.54, 1.807) is 34.6 Å². The third kappa shape index (κ3) is 4.53. The third-order valence-corrected chi connectivity index (χ3v) is 2.39. The maximum Gasteiger partial charge on any atom is 0.185 e. The van der Waals surface area contributed by atoms with Crippen LogP contribution in [0.2, 0.25) is 0 Å². The summed E-state index contributed by atoms with van der Waals surface area (Å²) in [5.74, 6) is 0.102. The van der Waals surface area contributed by atoms with Crippen molar-refractivity contribution in [3.63, 3.8) is 0 Å². The zero-order chi connectivity index (χ0) is 13.5. The predicted octanol–water partition coefficient (Wildman–Crippen LogP) is 1.30. The molecule has 0 heterocycles. The van der Waals surface area contributed by atoms with Crippen LogP contribution in [0.15, 0.2) is 33.5 Å². The van der Waals surface area contributed by atoms with Gasteiger partial charge in [0, 0.05) is 51.8 Å². The molecule has 0 spiro atoms. The zero-order valence-electron chi connectivity index (χ0n) is 11.4. The standard InChI is InChI=1S/C13H20N4O/c1-16(2)14-9-7-11-5-6-12(13(11)18)8-10-15-17(3)4/h7-10H,5-6H2,1-4H3/b11-7-,12-8+,14-9+,15-10+. The second-order valence-corrected chi connectivity index (χ2v) is 4.44. The van der Waals surface area contributed by atoms with E-state index in [1.165, 1.54) is 0 Å². The van der Waals surface area contributed by atoms with E-state index in [2.05, 4.69) is 10.2 Å². The highest BCUT2D eigenvalue weighted by atomic mass is 16.1. The molecule has 98 valence electrons. The summed E-state index contributed by atoms with van der Waals surface area (Å²) in [7, 11) is 7.37. The maximum absolute atomic E-state index is 12.0. The van der Waals surface area contributed by atoms with Crippen LogP contribution in [0.3, 0.4) is 0 Å². The van der Waals surface area contributed by atoms with Gasteiger partial charge in [-0.05, 0) is 25.0 Å². The molecule has 0 bridgehead atoms. The number of carbonyl (C=O) groups is 1. The van der Waals surface area contributed by atoms with Gasteiger partial charge < -0.3 is 10.0 Å². The lowest BCUT2D eigenvalue weighted by molar-refractivity contribution is -0.111. The van der Waals surface area contributed by atoms with Gasteiger partial charge in [-0.1, -0.05) is 0 Å². The molecular formula is C13H20N4O. The zero-order valence-corrected chi connectivity index (χ0v) is 11.4. The van der Waals surface area contributed by atoms with Gasteiger partial charge in [-0.2, -0.15) is 10.2 Å². The molecule has 1 rings (SSSR count). The molecule has 0 N–H and O–H groups in total. The van der Waals surface area contributed by atoms with E-state index in [1.807, 2.05) is 28.2 Å². The summed E-state index contributed by atoms with van der Waals surface area (Å²) in [5.41, 5.74) is 1.62. The van der Waals surface area contributed by atoms with E-state index in [9.17, 15) is 4.79 Å². The van der Waals surface area contributed by atoms with Crippen molar-refractivity contribution < 1.29 is 4.79 Å². The number of nitrogens with zero attached hydrogens (tertiary/aromatic N) is 4. The molecule has 0 aromatic rings. The molecule has 0 radical (unpaired) electrons. The molecule has 18 heavy (non-hydrogen) atoms. The van der Waals surface area contributed by atoms with Gasteiger partial charge >= 0.3 is 0 Å². The molecule has 1 aliphatic rings. The van der Waals surface area contributed by atoms with Crippen LogP contribution in [-0.4, -0.2) is 56.4 Å². The van der Waals surface area contributed by atoms with Crippen LogP contribution in [0.25, 0.3) is 0 Å². The molecular weight excluding hydrogens is 228 g/mol. The van der Waals surface area contributed by atoms with E-state index in [0.29, 0.717) is 0 Å². The van der Waals surface area contributed by atoms with Crippen LogP contribution in [0.4, 0.5) is 0 Å². The number of allylic oxidation sites excluding steroid dienone is 4. The SMILES string of the molecule is CN(C)/N=C/C=C1/CC/C(=C\C=N\N(C)C)C1=O. The largest absolute Gasteiger partial charge is 0.303 e. The number of hydrazone groups is 2. The van der Waals surface area contributed by atoms with Crippen molar-refractivity contribution in [3.05, 3.63) is 23.3 Å². The molecule has 1 aliphatic carbocycles. The topological polar surface area (TPSA) is 48.3 Å². The average molecular weight is 248 g/mol. The fourth-order valence-corrected chi connectivity index (χ4v) is 1.53. The van der Waals surface area contributed by atoms with Crippen molar-refractivity contribution in [2.24, 2.45) is 10.2 Å². The molecule has 0 aromatic heterocycles. The van der Waals surface area contributed by atoms with E-state index >= 15 is 0 Å². The van der Waals surface area contributed by atoms with Gasteiger partial charge in [-0.3, -0.25) is 4.79 Å². The van der Waals surface area contributed by atoms with Crippen LogP contribution < -0.4 is 0 Å². The van der Waals surface area contributed by atoms with Crippen molar-refractivity contribution in [2.75, 3.05) is 28.2 Å². The van der Waals surface area contributed by atoms with E-state index in [-0.39, 0.29) is 5.78 Å². The molecule has 5 nitrogen and oxygen atoms in total. The van der Waals surface area contributed by atoms with Gasteiger partial charge in [-0.25, -0.2) is 0 Å². The number of ketones is 1. The van der Waals surface area contributed by atoms with Crippen molar-refractivity contribution in [1.82, 2.24) is 10.0 Å². The van der Waals surface area contributed by atoms with Crippen LogP contribution in [-0.2, 0) is 4.79 Å². The van der Waals surface area contributed by atoms with Crippen molar-refractivity contribution in [2.45, 2.75) is 12.8 Å². The Bertz CT molecular complexity index is 379. The first kappa shape index (κ1) is 14.2. The summed E-state index contributed by atoms with van der Waals surface area (Å²) in [4.78, 5) is 12.0. The second-order valence-electron chi connectivity index (χ2n) is 4.44. The number of carbonyl (C=O) groups excluding carboxylic acids is 1. The summed E-state index contributed by atoms with van der Waals surface area (Å²) < 4.78 is 0. The quantitative estimate of drug-likeness (QED) is 0.428. The minimum absolute atomic E-state index is 0.102. The third-order valence-electron chi connectivity index (χ3n) is 2.39.